The maximum atomic E-state index is 15.6. The smallest absolute Gasteiger partial charge is 0.251 e. The Hall–Kier alpha value is -3.89. The van der Waals surface area contributed by atoms with E-state index in [1.807, 2.05) is 38.1 Å². The zero-order valence-corrected chi connectivity index (χ0v) is 26.4. The third-order valence-electron chi connectivity index (χ3n) is 10.4. The maximum Gasteiger partial charge on any atom is 0.251 e. The van der Waals surface area contributed by atoms with E-state index >= 15 is 8.78 Å². The van der Waals surface area contributed by atoms with Crippen molar-refractivity contribution in [1.29, 1.82) is 0 Å². The zero-order valence-electron chi connectivity index (χ0n) is 26.4. The molecule has 0 bridgehead atoms. The summed E-state index contributed by atoms with van der Waals surface area (Å²) in [4.78, 5) is 25.4. The Morgan fingerprint density at radius 3 is 2.57 bits per heavy atom. The van der Waals surface area contributed by atoms with Crippen LogP contribution in [0.25, 0.3) is 22.2 Å². The molecule has 2 saturated heterocycles. The standard InChI is InChI=1S/C36H40F2N6O2/c1-23(2)36(38)8-5-31-28(18-36)16-26-15-27(17-29(37)33(26)42-31)34(45)43-32(7-12-44-13-9-35(10-14-44)21-46-22-35)24-3-4-30(39-19-24)25-6-11-40-41-20-25/h3-4,6,11,15-17,19-20,23,32H,5,7-10,12-14,18,21-22H2,1-2H3,(H,43,45)/t32?,36-/m0/s1. The van der Waals surface area contributed by atoms with Gasteiger partial charge in [-0.05, 0) is 92.6 Å². The topological polar surface area (TPSA) is 93.1 Å². The number of aromatic nitrogens is 4. The average molecular weight is 627 g/mol. The van der Waals surface area contributed by atoms with Gasteiger partial charge in [-0.25, -0.2) is 13.8 Å². The molecule has 0 saturated carbocycles. The Morgan fingerprint density at radius 2 is 1.89 bits per heavy atom. The molecule has 10 heteroatoms. The number of amides is 1. The summed E-state index contributed by atoms with van der Waals surface area (Å²) in [6.07, 6.45) is 9.07. The van der Waals surface area contributed by atoms with Crippen LogP contribution < -0.4 is 5.32 Å². The number of hydrogen-bond acceptors (Lipinski definition) is 7. The van der Waals surface area contributed by atoms with Gasteiger partial charge in [0, 0.05) is 46.8 Å². The van der Waals surface area contributed by atoms with Gasteiger partial charge in [-0.2, -0.15) is 10.2 Å². The number of ether oxygens (including phenoxy) is 1. The highest BCUT2D eigenvalue weighted by atomic mass is 19.1. The molecule has 1 aromatic carbocycles. The number of fused-ring (bicyclic) bond motifs is 2. The molecule has 2 atom stereocenters. The fraction of sp³-hybridized carbons (Fsp3) is 0.472. The molecule has 1 spiro atoms. The van der Waals surface area contributed by atoms with Crippen LogP contribution in [-0.4, -0.2) is 69.5 Å². The quantitative estimate of drug-likeness (QED) is 0.255. The van der Waals surface area contributed by atoms with Gasteiger partial charge in [-0.3, -0.25) is 9.78 Å². The van der Waals surface area contributed by atoms with Gasteiger partial charge in [-0.15, -0.1) is 0 Å². The monoisotopic (exact) mass is 626 g/mol. The fourth-order valence-corrected chi connectivity index (χ4v) is 7.08. The molecule has 1 N–H and O–H groups in total. The molecule has 1 unspecified atom stereocenters. The van der Waals surface area contributed by atoms with Crippen LogP contribution in [0.3, 0.4) is 0 Å². The minimum Gasteiger partial charge on any atom is -0.380 e. The van der Waals surface area contributed by atoms with Gasteiger partial charge in [0.25, 0.3) is 5.91 Å². The minimum absolute atomic E-state index is 0.134. The lowest BCUT2D eigenvalue weighted by molar-refractivity contribution is -0.139. The summed E-state index contributed by atoms with van der Waals surface area (Å²) in [6, 6.07) is 10.1. The minimum atomic E-state index is -1.32. The molecular formula is C36H40F2N6O2. The van der Waals surface area contributed by atoms with Gasteiger partial charge in [0.2, 0.25) is 0 Å². The van der Waals surface area contributed by atoms with Gasteiger partial charge < -0.3 is 15.0 Å². The van der Waals surface area contributed by atoms with E-state index in [2.05, 4.69) is 30.4 Å². The Balaban J connectivity index is 1.12. The number of likely N-dealkylation sites (tertiary alicyclic amines) is 1. The third-order valence-corrected chi connectivity index (χ3v) is 10.4. The highest BCUT2D eigenvalue weighted by Crippen LogP contribution is 2.39. The number of pyridine rings is 2. The Kier molecular flexibility index (Phi) is 8.27. The highest BCUT2D eigenvalue weighted by molar-refractivity contribution is 5.98. The number of carbonyl (C=O) groups is 1. The van der Waals surface area contributed by atoms with Crippen LogP contribution >= 0.6 is 0 Å². The van der Waals surface area contributed by atoms with Crippen molar-refractivity contribution in [2.45, 2.75) is 64.1 Å². The van der Waals surface area contributed by atoms with Gasteiger partial charge in [-0.1, -0.05) is 19.9 Å². The Bertz CT molecular complexity index is 1720. The van der Waals surface area contributed by atoms with Crippen molar-refractivity contribution in [2.24, 2.45) is 11.3 Å². The molecule has 4 aromatic rings. The Morgan fingerprint density at radius 1 is 1.07 bits per heavy atom. The van der Waals surface area contributed by atoms with E-state index in [9.17, 15) is 4.79 Å². The lowest BCUT2D eigenvalue weighted by Crippen LogP contribution is -2.51. The van der Waals surface area contributed by atoms with Crippen molar-refractivity contribution in [3.8, 4) is 11.3 Å². The summed E-state index contributed by atoms with van der Waals surface area (Å²) < 4.78 is 36.5. The van der Waals surface area contributed by atoms with Crippen LogP contribution in [0, 0.1) is 17.2 Å². The summed E-state index contributed by atoms with van der Waals surface area (Å²) in [5, 5.41) is 11.5. The number of hydrogen-bond donors (Lipinski definition) is 1. The van der Waals surface area contributed by atoms with Gasteiger partial charge >= 0.3 is 0 Å². The number of nitrogens with one attached hydrogen (secondary N) is 1. The first-order valence-corrected chi connectivity index (χ1v) is 16.4. The van der Waals surface area contributed by atoms with Crippen molar-refractivity contribution in [1.82, 2.24) is 30.4 Å². The summed E-state index contributed by atoms with van der Waals surface area (Å²) >= 11 is 0. The summed E-state index contributed by atoms with van der Waals surface area (Å²) in [7, 11) is 0. The van der Waals surface area contributed by atoms with Crippen LogP contribution in [-0.2, 0) is 17.6 Å². The van der Waals surface area contributed by atoms with Crippen LogP contribution in [0.15, 0.2) is 55.0 Å². The van der Waals surface area contributed by atoms with Crippen LogP contribution in [0.4, 0.5) is 8.78 Å². The van der Waals surface area contributed by atoms with Crippen molar-refractivity contribution in [3.63, 3.8) is 0 Å². The first-order valence-electron chi connectivity index (χ1n) is 16.4. The molecule has 46 heavy (non-hydrogen) atoms. The second-order valence-corrected chi connectivity index (χ2v) is 13.7. The molecule has 5 heterocycles. The number of benzene rings is 1. The number of carbonyl (C=O) groups excluding carboxylic acids is 1. The molecule has 1 amide bonds. The number of piperidine rings is 1. The second-order valence-electron chi connectivity index (χ2n) is 13.7. The molecule has 0 radical (unpaired) electrons. The van der Waals surface area contributed by atoms with E-state index in [0.717, 1.165) is 73.8 Å². The van der Waals surface area contributed by atoms with E-state index in [4.69, 9.17) is 4.74 Å². The van der Waals surface area contributed by atoms with Crippen LogP contribution in [0.1, 0.15) is 72.8 Å². The number of rotatable bonds is 8. The molecule has 3 aromatic heterocycles. The molecule has 2 fully saturated rings. The van der Waals surface area contributed by atoms with Gasteiger partial charge in [0.05, 0.1) is 37.3 Å². The fourth-order valence-electron chi connectivity index (χ4n) is 7.08. The van der Waals surface area contributed by atoms with Crippen LogP contribution in [0.2, 0.25) is 0 Å². The zero-order chi connectivity index (χ0) is 31.9. The Labute approximate surface area is 268 Å². The summed E-state index contributed by atoms with van der Waals surface area (Å²) in [5.74, 6) is -1.07. The van der Waals surface area contributed by atoms with Crippen molar-refractivity contribution >= 4 is 16.8 Å². The highest BCUT2D eigenvalue weighted by Gasteiger charge is 2.41. The lowest BCUT2D eigenvalue weighted by Gasteiger charge is -2.47. The number of halogens is 2. The number of nitrogens with zero attached hydrogens (tertiary/aromatic N) is 5. The van der Waals surface area contributed by atoms with Crippen molar-refractivity contribution in [2.75, 3.05) is 32.8 Å². The van der Waals surface area contributed by atoms with Crippen LogP contribution in [0.5, 0.6) is 0 Å². The van der Waals surface area contributed by atoms with E-state index in [1.165, 1.54) is 6.07 Å². The molecule has 3 aliphatic rings. The second kappa shape index (κ2) is 12.4. The molecule has 8 nitrogen and oxygen atoms in total. The van der Waals surface area contributed by atoms with E-state index in [0.29, 0.717) is 30.1 Å². The lowest BCUT2D eigenvalue weighted by atomic mass is 9.77. The molecule has 240 valence electrons. The molecule has 2 aliphatic heterocycles. The molecule has 1 aliphatic carbocycles. The third kappa shape index (κ3) is 6.12. The van der Waals surface area contributed by atoms with Crippen molar-refractivity contribution < 1.29 is 18.3 Å². The normalized spacial score (nSPS) is 21.6. The van der Waals surface area contributed by atoms with E-state index in [1.54, 1.807) is 24.7 Å². The number of alkyl halides is 1. The predicted molar refractivity (Wildman–Crippen MR) is 171 cm³/mol. The average Bonchev–Trinajstić information content (AvgIpc) is 3.05. The first-order chi connectivity index (χ1) is 22.2. The molecular weight excluding hydrogens is 586 g/mol. The van der Waals surface area contributed by atoms with Gasteiger partial charge in [0.1, 0.15) is 17.0 Å². The maximum absolute atomic E-state index is 15.6. The van der Waals surface area contributed by atoms with E-state index < -0.39 is 11.5 Å². The molecule has 7 rings (SSSR count). The van der Waals surface area contributed by atoms with Gasteiger partial charge in [0.15, 0.2) is 0 Å². The predicted octanol–water partition coefficient (Wildman–Crippen LogP) is 6.05. The number of aryl methyl sites for hydroxylation is 1. The van der Waals surface area contributed by atoms with Crippen molar-refractivity contribution in [3.05, 3.63) is 83.2 Å². The largest absolute Gasteiger partial charge is 0.380 e. The summed E-state index contributed by atoms with van der Waals surface area (Å²) in [5.41, 5.74) is 3.46. The summed E-state index contributed by atoms with van der Waals surface area (Å²) in [6.45, 7) is 8.31. The SMILES string of the molecule is CC(C)[C@]1(F)CCc2nc3c(F)cc(C(=O)NC(CCN4CCC5(CC4)COC5)c4ccc(-c5ccnnc5)nc4)cc3cc2C1. The first kappa shape index (κ1) is 30.7. The van der Waals surface area contributed by atoms with E-state index in [-0.39, 0.29) is 35.4 Å².